The summed E-state index contributed by atoms with van der Waals surface area (Å²) in [5, 5.41) is 2.61. The van der Waals surface area contributed by atoms with Crippen LogP contribution in [0.15, 0.2) is 53.4 Å². The monoisotopic (exact) mass is 494 g/mol. The van der Waals surface area contributed by atoms with Gasteiger partial charge in [0.15, 0.2) is 0 Å². The highest BCUT2D eigenvalue weighted by Gasteiger charge is 2.35. The zero-order chi connectivity index (χ0) is 19.4. The van der Waals surface area contributed by atoms with Crippen LogP contribution in [0.4, 0.5) is 10.5 Å². The summed E-state index contributed by atoms with van der Waals surface area (Å²) >= 11 is 3.08. The average molecular weight is 494 g/mol. The van der Waals surface area contributed by atoms with Crippen molar-refractivity contribution < 1.29 is 19.1 Å². The summed E-state index contributed by atoms with van der Waals surface area (Å²) in [7, 11) is 1.30. The minimum atomic E-state index is -0.495. The number of esters is 1. The topological polar surface area (TPSA) is 75.7 Å². The Balaban J connectivity index is 1.76. The molecule has 1 saturated heterocycles. The molecule has 0 atom stereocenters. The highest BCUT2D eigenvalue weighted by molar-refractivity contribution is 14.1. The van der Waals surface area contributed by atoms with Gasteiger partial charge in [-0.3, -0.25) is 14.5 Å². The van der Waals surface area contributed by atoms with Crippen molar-refractivity contribution in [3.8, 4) is 0 Å². The van der Waals surface area contributed by atoms with Crippen molar-refractivity contribution in [1.29, 1.82) is 0 Å². The third-order valence-corrected chi connectivity index (χ3v) is 5.72. The van der Waals surface area contributed by atoms with E-state index in [-0.39, 0.29) is 17.8 Å². The van der Waals surface area contributed by atoms with Crippen LogP contribution in [0, 0.1) is 3.57 Å². The largest absolute Gasteiger partial charge is 0.465 e. The van der Waals surface area contributed by atoms with E-state index >= 15 is 0 Å². The lowest BCUT2D eigenvalue weighted by Gasteiger charge is -2.16. The van der Waals surface area contributed by atoms with Gasteiger partial charge in [-0.25, -0.2) is 4.79 Å². The number of imide groups is 1. The van der Waals surface area contributed by atoms with Crippen LogP contribution in [0.2, 0.25) is 0 Å². The summed E-state index contributed by atoms with van der Waals surface area (Å²) in [6.45, 7) is -0.0398. The van der Waals surface area contributed by atoms with Crippen molar-refractivity contribution in [2.45, 2.75) is 0 Å². The van der Waals surface area contributed by atoms with E-state index in [4.69, 9.17) is 4.74 Å². The molecule has 27 heavy (non-hydrogen) atoms. The first-order chi connectivity index (χ1) is 13.0. The van der Waals surface area contributed by atoms with Crippen LogP contribution in [0.25, 0.3) is 6.08 Å². The SMILES string of the molecule is COC(=O)c1ccccc1NCN1C(=O)S/C(=C\c2ccccc2I)C1=O. The van der Waals surface area contributed by atoms with Gasteiger partial charge >= 0.3 is 5.97 Å². The fourth-order valence-corrected chi connectivity index (χ4v) is 3.83. The number of anilines is 1. The summed E-state index contributed by atoms with van der Waals surface area (Å²) in [4.78, 5) is 38.2. The van der Waals surface area contributed by atoms with Gasteiger partial charge in [0.1, 0.15) is 0 Å². The second kappa shape index (κ2) is 8.57. The Morgan fingerprint density at radius 2 is 1.89 bits per heavy atom. The lowest BCUT2D eigenvalue weighted by Crippen LogP contribution is -2.33. The Bertz CT molecular complexity index is 945. The van der Waals surface area contributed by atoms with Gasteiger partial charge in [0.25, 0.3) is 11.1 Å². The van der Waals surface area contributed by atoms with E-state index < -0.39 is 5.97 Å². The van der Waals surface area contributed by atoms with Crippen LogP contribution in [-0.2, 0) is 9.53 Å². The number of halogens is 1. The number of nitrogens with one attached hydrogen (secondary N) is 1. The third-order valence-electron chi connectivity index (χ3n) is 3.83. The van der Waals surface area contributed by atoms with Crippen molar-refractivity contribution in [3.05, 3.63) is 68.1 Å². The molecular formula is C19H15IN2O4S. The molecular weight excluding hydrogens is 479 g/mol. The molecule has 1 N–H and O–H groups in total. The summed E-state index contributed by atoms with van der Waals surface area (Å²) in [5.41, 5.74) is 1.71. The van der Waals surface area contributed by atoms with Gasteiger partial charge < -0.3 is 10.1 Å². The van der Waals surface area contributed by atoms with Gasteiger partial charge in [-0.15, -0.1) is 0 Å². The Kier molecular flexibility index (Phi) is 6.17. The van der Waals surface area contributed by atoms with Crippen LogP contribution in [0.5, 0.6) is 0 Å². The first-order valence-electron chi connectivity index (χ1n) is 7.92. The Labute approximate surface area is 174 Å². The first kappa shape index (κ1) is 19.4. The van der Waals surface area contributed by atoms with E-state index in [2.05, 4.69) is 27.9 Å². The Morgan fingerprint density at radius 1 is 1.19 bits per heavy atom. The number of carbonyl (C=O) groups excluding carboxylic acids is 3. The number of carbonyl (C=O) groups is 3. The quantitative estimate of drug-likeness (QED) is 0.382. The molecule has 0 aliphatic carbocycles. The van der Waals surface area contributed by atoms with E-state index in [1.54, 1.807) is 30.3 Å². The molecule has 0 radical (unpaired) electrons. The van der Waals surface area contributed by atoms with Crippen molar-refractivity contribution in [2.75, 3.05) is 19.1 Å². The number of amides is 2. The standard InChI is InChI=1S/C19H15IN2O4S/c1-26-18(24)13-7-3-5-9-15(13)21-11-22-17(23)16(27-19(22)25)10-12-6-2-4-8-14(12)20/h2-10,21H,11H2,1H3/b16-10-. The minimum absolute atomic E-state index is 0.0398. The third kappa shape index (κ3) is 4.33. The van der Waals surface area contributed by atoms with Crippen LogP contribution < -0.4 is 5.32 Å². The van der Waals surface area contributed by atoms with Crippen LogP contribution in [0.1, 0.15) is 15.9 Å². The van der Waals surface area contributed by atoms with Gasteiger partial charge in [0.05, 0.1) is 29.9 Å². The maximum Gasteiger partial charge on any atom is 0.339 e. The molecule has 138 valence electrons. The summed E-state index contributed by atoms with van der Waals surface area (Å²) in [5.74, 6) is -0.863. The molecule has 1 heterocycles. The molecule has 0 unspecified atom stereocenters. The maximum absolute atomic E-state index is 12.6. The predicted octanol–water partition coefficient (Wildman–Crippen LogP) is 4.18. The molecule has 0 spiro atoms. The average Bonchev–Trinajstić information content (AvgIpc) is 2.94. The molecule has 6 nitrogen and oxygen atoms in total. The van der Waals surface area contributed by atoms with E-state index in [1.165, 1.54) is 7.11 Å². The molecule has 1 fully saturated rings. The van der Waals surface area contributed by atoms with Crippen LogP contribution in [-0.4, -0.2) is 35.8 Å². The summed E-state index contributed by atoms with van der Waals surface area (Å²) in [6.07, 6.45) is 1.72. The zero-order valence-electron chi connectivity index (χ0n) is 14.3. The van der Waals surface area contributed by atoms with E-state index in [1.807, 2.05) is 24.3 Å². The van der Waals surface area contributed by atoms with Crippen molar-refractivity contribution in [3.63, 3.8) is 0 Å². The van der Waals surface area contributed by atoms with Gasteiger partial charge in [-0.1, -0.05) is 30.3 Å². The minimum Gasteiger partial charge on any atom is -0.465 e. The number of methoxy groups -OCH3 is 1. The molecule has 2 aromatic rings. The second-order valence-electron chi connectivity index (χ2n) is 5.50. The fraction of sp³-hybridized carbons (Fsp3) is 0.105. The number of nitrogens with zero attached hydrogens (tertiary/aromatic N) is 1. The van der Waals surface area contributed by atoms with Crippen LogP contribution >= 0.6 is 34.4 Å². The molecule has 2 aromatic carbocycles. The molecule has 2 amide bonds. The molecule has 1 aliphatic heterocycles. The van der Waals surface area contributed by atoms with E-state index in [9.17, 15) is 14.4 Å². The van der Waals surface area contributed by atoms with Gasteiger partial charge in [-0.05, 0) is 64.2 Å². The number of thioether (sulfide) groups is 1. The number of rotatable bonds is 5. The van der Waals surface area contributed by atoms with Gasteiger partial charge in [-0.2, -0.15) is 0 Å². The number of hydrogen-bond acceptors (Lipinski definition) is 6. The number of hydrogen-bond donors (Lipinski definition) is 1. The van der Waals surface area contributed by atoms with Crippen molar-refractivity contribution in [2.24, 2.45) is 0 Å². The molecule has 1 aliphatic rings. The van der Waals surface area contributed by atoms with Gasteiger partial charge in [0, 0.05) is 3.57 Å². The number of ether oxygens (including phenoxy) is 1. The molecule has 0 saturated carbocycles. The lowest BCUT2D eigenvalue weighted by molar-refractivity contribution is -0.122. The molecule has 0 bridgehead atoms. The fourth-order valence-electron chi connectivity index (χ4n) is 2.46. The smallest absolute Gasteiger partial charge is 0.339 e. The lowest BCUT2D eigenvalue weighted by atomic mass is 10.2. The number of para-hydroxylation sites is 1. The number of benzene rings is 2. The predicted molar refractivity (Wildman–Crippen MR) is 113 cm³/mol. The van der Waals surface area contributed by atoms with Crippen LogP contribution in [0.3, 0.4) is 0 Å². The second-order valence-corrected chi connectivity index (χ2v) is 7.66. The van der Waals surface area contributed by atoms with Crippen molar-refractivity contribution >= 4 is 63.2 Å². The summed E-state index contributed by atoms with van der Waals surface area (Å²) < 4.78 is 5.74. The Hall–Kier alpha value is -2.33. The zero-order valence-corrected chi connectivity index (χ0v) is 17.2. The molecule has 0 aromatic heterocycles. The highest BCUT2D eigenvalue weighted by Crippen LogP contribution is 2.33. The summed E-state index contributed by atoms with van der Waals surface area (Å²) in [6, 6.07) is 14.4. The maximum atomic E-state index is 12.6. The Morgan fingerprint density at radius 3 is 2.63 bits per heavy atom. The van der Waals surface area contributed by atoms with E-state index in [0.717, 1.165) is 25.8 Å². The van der Waals surface area contributed by atoms with E-state index in [0.29, 0.717) is 16.2 Å². The van der Waals surface area contributed by atoms with Gasteiger partial charge in [0.2, 0.25) is 0 Å². The first-order valence-corrected chi connectivity index (χ1v) is 9.82. The normalized spacial score (nSPS) is 15.3. The molecule has 8 heteroatoms. The highest BCUT2D eigenvalue weighted by atomic mass is 127. The molecule has 3 rings (SSSR count). The van der Waals surface area contributed by atoms with Crippen molar-refractivity contribution in [1.82, 2.24) is 4.90 Å².